The van der Waals surface area contributed by atoms with Crippen LogP contribution in [0.15, 0.2) is 97.1 Å². The Morgan fingerprint density at radius 1 is 0.500 bits per heavy atom. The van der Waals surface area contributed by atoms with Gasteiger partial charge in [0.15, 0.2) is 0 Å². The van der Waals surface area contributed by atoms with Crippen molar-refractivity contribution in [3.8, 4) is 0 Å². The largest absolute Gasteiger partial charge is 0.488 e. The van der Waals surface area contributed by atoms with E-state index in [-0.39, 0.29) is 13.1 Å². The number of nitrogens with zero attached hydrogens (tertiary/aromatic N) is 2. The number of rotatable bonds is 10. The number of fused-ring (bicyclic) bond motifs is 2. The Hall–Kier alpha value is -3.53. The molecule has 0 amide bonds. The van der Waals surface area contributed by atoms with Gasteiger partial charge in [0.1, 0.15) is 0 Å². The fourth-order valence-corrected chi connectivity index (χ4v) is 5.56. The summed E-state index contributed by atoms with van der Waals surface area (Å²) >= 11 is 0. The molecule has 0 atom stereocenters. The zero-order chi connectivity index (χ0) is 28.2. The fourth-order valence-electron chi connectivity index (χ4n) is 5.56. The van der Waals surface area contributed by atoms with Gasteiger partial charge in [-0.15, -0.1) is 0 Å². The monoisotopic (exact) mass is 534 g/mol. The van der Waals surface area contributed by atoms with E-state index in [1.54, 1.807) is 30.3 Å². The second-order valence-electron chi connectivity index (χ2n) is 10.2. The number of benzene rings is 5. The maximum Gasteiger partial charge on any atom is 0.488 e. The highest BCUT2D eigenvalue weighted by molar-refractivity contribution is 6.59. The second kappa shape index (κ2) is 12.3. The molecule has 202 valence electrons. The molecule has 9 heteroatoms. The van der Waals surface area contributed by atoms with Crippen LogP contribution in [-0.4, -0.2) is 56.6 Å². The standard InChI is InChI=1S/C31H32B2N2O5/c1-34(18-22-10-2-8-16-30(22)32(36)37)20-28-24-12-4-6-14-26(24)29(27-15-7-5-13-25(27)28)21-35(40)19-23-11-3-9-17-31(23)33(38)39/h2-17,36-40H,18-21H2,1H3. The lowest BCUT2D eigenvalue weighted by Crippen LogP contribution is -2.35. The fraction of sp³-hybridized carbons (Fsp3) is 0.161. The van der Waals surface area contributed by atoms with Gasteiger partial charge in [0, 0.05) is 19.6 Å². The van der Waals surface area contributed by atoms with Crippen LogP contribution in [0.2, 0.25) is 0 Å². The van der Waals surface area contributed by atoms with Gasteiger partial charge in [-0.3, -0.25) is 4.90 Å². The van der Waals surface area contributed by atoms with Crippen LogP contribution in [0, 0.1) is 0 Å². The van der Waals surface area contributed by atoms with Crippen LogP contribution in [-0.2, 0) is 26.2 Å². The molecule has 5 rings (SSSR count). The van der Waals surface area contributed by atoms with Crippen LogP contribution in [0.4, 0.5) is 0 Å². The molecule has 7 nitrogen and oxygen atoms in total. The van der Waals surface area contributed by atoms with Gasteiger partial charge >= 0.3 is 14.2 Å². The van der Waals surface area contributed by atoms with Crippen molar-refractivity contribution < 1.29 is 25.3 Å². The normalized spacial score (nSPS) is 11.6. The minimum Gasteiger partial charge on any atom is -0.423 e. The van der Waals surface area contributed by atoms with Gasteiger partial charge in [-0.25, -0.2) is 0 Å². The molecule has 0 aliphatic heterocycles. The third-order valence-electron chi connectivity index (χ3n) is 7.38. The van der Waals surface area contributed by atoms with Crippen molar-refractivity contribution in [2.45, 2.75) is 26.2 Å². The Balaban J connectivity index is 1.51. The summed E-state index contributed by atoms with van der Waals surface area (Å²) in [5.74, 6) is 0. The highest BCUT2D eigenvalue weighted by Crippen LogP contribution is 2.34. The van der Waals surface area contributed by atoms with E-state index >= 15 is 0 Å². The number of hydrogen-bond acceptors (Lipinski definition) is 7. The third-order valence-corrected chi connectivity index (χ3v) is 7.38. The van der Waals surface area contributed by atoms with Crippen molar-refractivity contribution in [3.05, 3.63) is 119 Å². The first kappa shape index (κ1) is 28.0. The quantitative estimate of drug-likeness (QED) is 0.106. The van der Waals surface area contributed by atoms with Crippen molar-refractivity contribution in [1.82, 2.24) is 9.96 Å². The molecule has 0 aromatic heterocycles. The lowest BCUT2D eigenvalue weighted by molar-refractivity contribution is -0.107. The molecule has 5 N–H and O–H groups in total. The van der Waals surface area contributed by atoms with Gasteiger partial charge in [0.25, 0.3) is 0 Å². The SMILES string of the molecule is CN(Cc1ccccc1B(O)O)Cc1c2ccccc2c(CN(O)Cc2ccccc2B(O)O)c2ccccc12. The molecular formula is C31H32B2N2O5. The predicted octanol–water partition coefficient (Wildman–Crippen LogP) is 2.38. The molecule has 0 spiro atoms. The van der Waals surface area contributed by atoms with E-state index in [1.165, 1.54) is 5.06 Å². The van der Waals surface area contributed by atoms with E-state index in [0.717, 1.165) is 38.2 Å². The van der Waals surface area contributed by atoms with E-state index in [4.69, 9.17) is 0 Å². The average molecular weight is 534 g/mol. The Morgan fingerprint density at radius 3 is 1.32 bits per heavy atom. The first-order valence-corrected chi connectivity index (χ1v) is 13.2. The molecule has 0 saturated carbocycles. The minimum absolute atomic E-state index is 0.136. The smallest absolute Gasteiger partial charge is 0.423 e. The van der Waals surface area contributed by atoms with Crippen LogP contribution in [0.25, 0.3) is 21.5 Å². The molecule has 0 radical (unpaired) electrons. The van der Waals surface area contributed by atoms with E-state index in [1.807, 2.05) is 49.5 Å². The summed E-state index contributed by atoms with van der Waals surface area (Å²) in [5, 5.41) is 55.6. The van der Waals surface area contributed by atoms with E-state index in [2.05, 4.69) is 29.2 Å². The van der Waals surface area contributed by atoms with E-state index < -0.39 is 14.2 Å². The maximum absolute atomic E-state index is 11.1. The third kappa shape index (κ3) is 5.96. The van der Waals surface area contributed by atoms with Crippen molar-refractivity contribution >= 4 is 46.7 Å². The summed E-state index contributed by atoms with van der Waals surface area (Å²) in [5.41, 5.74) is 4.49. The van der Waals surface area contributed by atoms with Gasteiger partial charge in [0.2, 0.25) is 0 Å². The molecule has 0 aliphatic carbocycles. The summed E-state index contributed by atoms with van der Waals surface area (Å²) in [6.45, 7) is 1.55. The molecule has 0 bridgehead atoms. The Kier molecular flexibility index (Phi) is 8.63. The molecular weight excluding hydrogens is 502 g/mol. The highest BCUT2D eigenvalue weighted by atomic mass is 16.5. The summed E-state index contributed by atoms with van der Waals surface area (Å²) in [4.78, 5) is 2.16. The Bertz CT molecular complexity index is 1450. The van der Waals surface area contributed by atoms with Gasteiger partial charge < -0.3 is 25.3 Å². The number of hydrogen-bond donors (Lipinski definition) is 5. The lowest BCUT2D eigenvalue weighted by Gasteiger charge is -2.24. The molecule has 5 aromatic carbocycles. The predicted molar refractivity (Wildman–Crippen MR) is 160 cm³/mol. The molecule has 0 unspecified atom stereocenters. The van der Waals surface area contributed by atoms with Gasteiger partial charge in [-0.2, -0.15) is 5.06 Å². The first-order valence-electron chi connectivity index (χ1n) is 13.2. The molecule has 0 saturated heterocycles. The minimum atomic E-state index is -1.62. The summed E-state index contributed by atoms with van der Waals surface area (Å²) in [7, 11) is -1.13. The van der Waals surface area contributed by atoms with Gasteiger partial charge in [0.05, 0.1) is 6.54 Å². The Labute approximate surface area is 234 Å². The van der Waals surface area contributed by atoms with Crippen LogP contribution in [0.3, 0.4) is 0 Å². The number of hydroxylamine groups is 2. The van der Waals surface area contributed by atoms with Gasteiger partial charge in [-0.1, -0.05) is 97.1 Å². The zero-order valence-electron chi connectivity index (χ0n) is 22.4. The first-order chi connectivity index (χ1) is 19.3. The average Bonchev–Trinajstić information content (AvgIpc) is 2.95. The summed E-state index contributed by atoms with van der Waals surface area (Å²) in [6, 6.07) is 30.6. The van der Waals surface area contributed by atoms with Crippen molar-refractivity contribution in [2.75, 3.05) is 7.05 Å². The Morgan fingerprint density at radius 2 is 0.875 bits per heavy atom. The zero-order valence-corrected chi connectivity index (χ0v) is 22.4. The van der Waals surface area contributed by atoms with Crippen molar-refractivity contribution in [3.63, 3.8) is 0 Å². The van der Waals surface area contributed by atoms with E-state index in [0.29, 0.717) is 29.6 Å². The second-order valence-corrected chi connectivity index (χ2v) is 10.2. The van der Waals surface area contributed by atoms with Crippen molar-refractivity contribution in [2.24, 2.45) is 0 Å². The molecule has 0 aliphatic rings. The maximum atomic E-state index is 11.1. The molecule has 5 aromatic rings. The summed E-state index contributed by atoms with van der Waals surface area (Å²) in [6.07, 6.45) is 0. The van der Waals surface area contributed by atoms with Gasteiger partial charge in [-0.05, 0) is 61.8 Å². The highest BCUT2D eigenvalue weighted by Gasteiger charge is 2.21. The van der Waals surface area contributed by atoms with Crippen LogP contribution < -0.4 is 10.9 Å². The van der Waals surface area contributed by atoms with E-state index in [9.17, 15) is 25.3 Å². The molecule has 0 heterocycles. The van der Waals surface area contributed by atoms with Crippen LogP contribution >= 0.6 is 0 Å². The lowest BCUT2D eigenvalue weighted by atomic mass is 9.77. The van der Waals surface area contributed by atoms with Crippen LogP contribution in [0.1, 0.15) is 22.3 Å². The summed E-state index contributed by atoms with van der Waals surface area (Å²) < 4.78 is 0. The molecule has 0 fully saturated rings. The topological polar surface area (TPSA) is 108 Å². The van der Waals surface area contributed by atoms with Crippen LogP contribution in [0.5, 0.6) is 0 Å². The van der Waals surface area contributed by atoms with Crippen molar-refractivity contribution in [1.29, 1.82) is 0 Å². The molecule has 40 heavy (non-hydrogen) atoms.